The van der Waals surface area contributed by atoms with E-state index in [0.29, 0.717) is 30.5 Å². The van der Waals surface area contributed by atoms with Crippen molar-refractivity contribution in [2.24, 2.45) is 0 Å². The number of nitrogens with zero attached hydrogens (tertiary/aromatic N) is 2. The summed E-state index contributed by atoms with van der Waals surface area (Å²) in [5.74, 6) is 0.792. The highest BCUT2D eigenvalue weighted by Gasteiger charge is 2.13. The van der Waals surface area contributed by atoms with Crippen molar-refractivity contribution in [2.45, 2.75) is 13.8 Å². The third kappa shape index (κ3) is 4.92. The van der Waals surface area contributed by atoms with E-state index in [4.69, 9.17) is 4.74 Å². The van der Waals surface area contributed by atoms with Crippen LogP contribution in [0.5, 0.6) is 0 Å². The molecule has 6 heteroatoms. The lowest BCUT2D eigenvalue weighted by molar-refractivity contribution is 0.0932. The van der Waals surface area contributed by atoms with Crippen LogP contribution in [0.25, 0.3) is 11.4 Å². The Kier molecular flexibility index (Phi) is 6.34. The van der Waals surface area contributed by atoms with Crippen LogP contribution in [0, 0.1) is 13.8 Å². The van der Waals surface area contributed by atoms with Gasteiger partial charge in [0.2, 0.25) is 0 Å². The maximum atomic E-state index is 12.5. The number of rotatable bonds is 7. The Bertz CT molecular complexity index is 958. The van der Waals surface area contributed by atoms with Gasteiger partial charge >= 0.3 is 0 Å². The summed E-state index contributed by atoms with van der Waals surface area (Å²) in [4.78, 5) is 21.6. The highest BCUT2D eigenvalue weighted by molar-refractivity contribution is 5.93. The summed E-state index contributed by atoms with van der Waals surface area (Å²) in [5, 5.41) is 6.09. The molecule has 144 valence electrons. The summed E-state index contributed by atoms with van der Waals surface area (Å²) < 4.78 is 4.98. The van der Waals surface area contributed by atoms with Gasteiger partial charge in [0.05, 0.1) is 6.61 Å². The van der Waals surface area contributed by atoms with Crippen LogP contribution in [0.2, 0.25) is 0 Å². The lowest BCUT2D eigenvalue weighted by atomic mass is 10.1. The zero-order chi connectivity index (χ0) is 19.9. The third-order valence-electron chi connectivity index (χ3n) is 4.36. The van der Waals surface area contributed by atoms with E-state index in [2.05, 4.69) is 46.6 Å². The summed E-state index contributed by atoms with van der Waals surface area (Å²) in [6, 6.07) is 17.4. The van der Waals surface area contributed by atoms with Gasteiger partial charge < -0.3 is 15.4 Å². The van der Waals surface area contributed by atoms with Gasteiger partial charge in [0.25, 0.3) is 5.91 Å². The van der Waals surface area contributed by atoms with E-state index in [1.54, 1.807) is 13.2 Å². The maximum absolute atomic E-state index is 12.5. The number of ether oxygens (including phenoxy) is 1. The number of amides is 1. The minimum Gasteiger partial charge on any atom is -0.383 e. The Balaban J connectivity index is 1.94. The Morgan fingerprint density at radius 2 is 1.79 bits per heavy atom. The lowest BCUT2D eigenvalue weighted by Crippen LogP contribution is -2.28. The molecule has 0 spiro atoms. The van der Waals surface area contributed by atoms with Crippen molar-refractivity contribution in [3.05, 3.63) is 71.4 Å². The average Bonchev–Trinajstić information content (AvgIpc) is 2.71. The van der Waals surface area contributed by atoms with Gasteiger partial charge in [0, 0.05) is 31.0 Å². The molecule has 3 aromatic rings. The molecule has 0 aliphatic rings. The number of aromatic nitrogens is 2. The fraction of sp³-hybridized carbons (Fsp3) is 0.227. The van der Waals surface area contributed by atoms with Crippen LogP contribution in [0.3, 0.4) is 0 Å². The van der Waals surface area contributed by atoms with E-state index >= 15 is 0 Å². The summed E-state index contributed by atoms with van der Waals surface area (Å²) in [6.45, 7) is 4.99. The van der Waals surface area contributed by atoms with Gasteiger partial charge in [-0.1, -0.05) is 36.4 Å². The molecule has 28 heavy (non-hydrogen) atoms. The van der Waals surface area contributed by atoms with E-state index in [0.717, 1.165) is 11.3 Å². The molecule has 0 aliphatic carbocycles. The number of benzene rings is 2. The molecule has 0 aliphatic heterocycles. The summed E-state index contributed by atoms with van der Waals surface area (Å²) >= 11 is 0. The number of aryl methyl sites for hydroxylation is 2. The molecular weight excluding hydrogens is 352 g/mol. The van der Waals surface area contributed by atoms with Crippen molar-refractivity contribution in [1.82, 2.24) is 15.3 Å². The van der Waals surface area contributed by atoms with Crippen molar-refractivity contribution in [3.63, 3.8) is 0 Å². The largest absolute Gasteiger partial charge is 0.383 e. The lowest BCUT2D eigenvalue weighted by Gasteiger charge is -2.12. The standard InChI is InChI=1S/C22H24N4O2/c1-15-9-10-18(13-16(15)2)24-20-14-19(22(27)23-11-12-28-3)25-21(26-20)17-7-5-4-6-8-17/h4-10,13-14H,11-12H2,1-3H3,(H,23,27)(H,24,25,26). The van der Waals surface area contributed by atoms with E-state index in [1.807, 2.05) is 36.4 Å². The molecule has 2 aromatic carbocycles. The minimum absolute atomic E-state index is 0.264. The van der Waals surface area contributed by atoms with E-state index in [9.17, 15) is 4.79 Å². The minimum atomic E-state index is -0.264. The molecule has 0 bridgehead atoms. The van der Waals surface area contributed by atoms with Crippen LogP contribution < -0.4 is 10.6 Å². The molecule has 1 heterocycles. The van der Waals surface area contributed by atoms with E-state index in [1.165, 1.54) is 11.1 Å². The zero-order valence-corrected chi connectivity index (χ0v) is 16.3. The molecule has 0 atom stereocenters. The normalized spacial score (nSPS) is 10.5. The van der Waals surface area contributed by atoms with E-state index < -0.39 is 0 Å². The van der Waals surface area contributed by atoms with Crippen molar-refractivity contribution >= 4 is 17.4 Å². The number of hydrogen-bond donors (Lipinski definition) is 2. The summed E-state index contributed by atoms with van der Waals surface area (Å²) in [7, 11) is 1.59. The quantitative estimate of drug-likeness (QED) is 0.612. The Labute approximate surface area is 165 Å². The highest BCUT2D eigenvalue weighted by Crippen LogP contribution is 2.22. The number of methoxy groups -OCH3 is 1. The van der Waals surface area contributed by atoms with E-state index in [-0.39, 0.29) is 5.91 Å². The second kappa shape index (κ2) is 9.10. The van der Waals surface area contributed by atoms with Gasteiger partial charge in [0.1, 0.15) is 11.5 Å². The molecule has 0 unspecified atom stereocenters. The van der Waals surface area contributed by atoms with Gasteiger partial charge in [-0.3, -0.25) is 4.79 Å². The molecule has 2 N–H and O–H groups in total. The number of hydrogen-bond acceptors (Lipinski definition) is 5. The molecule has 1 amide bonds. The molecule has 0 radical (unpaired) electrons. The Morgan fingerprint density at radius 1 is 1.00 bits per heavy atom. The van der Waals surface area contributed by atoms with Gasteiger partial charge in [-0.15, -0.1) is 0 Å². The van der Waals surface area contributed by atoms with Crippen molar-refractivity contribution in [1.29, 1.82) is 0 Å². The van der Waals surface area contributed by atoms with Gasteiger partial charge in [-0.2, -0.15) is 0 Å². The summed E-state index contributed by atoms with van der Waals surface area (Å²) in [5.41, 5.74) is 4.45. The topological polar surface area (TPSA) is 76.1 Å². The first-order valence-corrected chi connectivity index (χ1v) is 9.13. The Morgan fingerprint density at radius 3 is 2.50 bits per heavy atom. The highest BCUT2D eigenvalue weighted by atomic mass is 16.5. The zero-order valence-electron chi connectivity index (χ0n) is 16.3. The van der Waals surface area contributed by atoms with Crippen LogP contribution in [-0.2, 0) is 4.74 Å². The third-order valence-corrected chi connectivity index (χ3v) is 4.36. The van der Waals surface area contributed by atoms with Crippen LogP contribution in [0.4, 0.5) is 11.5 Å². The van der Waals surface area contributed by atoms with Crippen molar-refractivity contribution < 1.29 is 9.53 Å². The monoisotopic (exact) mass is 376 g/mol. The summed E-state index contributed by atoms with van der Waals surface area (Å²) in [6.07, 6.45) is 0. The van der Waals surface area contributed by atoms with Gasteiger partial charge in [0.15, 0.2) is 5.82 Å². The van der Waals surface area contributed by atoms with Crippen LogP contribution in [0.1, 0.15) is 21.6 Å². The molecule has 0 saturated carbocycles. The average molecular weight is 376 g/mol. The fourth-order valence-electron chi connectivity index (χ4n) is 2.67. The first kappa shape index (κ1) is 19.5. The van der Waals surface area contributed by atoms with Crippen LogP contribution >= 0.6 is 0 Å². The number of carbonyl (C=O) groups excluding carboxylic acids is 1. The van der Waals surface area contributed by atoms with Crippen LogP contribution in [-0.4, -0.2) is 36.1 Å². The van der Waals surface area contributed by atoms with Crippen molar-refractivity contribution in [2.75, 3.05) is 25.6 Å². The molecule has 6 nitrogen and oxygen atoms in total. The predicted octanol–water partition coefficient (Wildman–Crippen LogP) is 3.88. The van der Waals surface area contributed by atoms with Gasteiger partial charge in [-0.05, 0) is 37.1 Å². The second-order valence-electron chi connectivity index (χ2n) is 6.50. The fourth-order valence-corrected chi connectivity index (χ4v) is 2.67. The number of carbonyl (C=O) groups is 1. The predicted molar refractivity (Wildman–Crippen MR) is 111 cm³/mol. The molecule has 0 saturated heterocycles. The maximum Gasteiger partial charge on any atom is 0.270 e. The number of nitrogens with one attached hydrogen (secondary N) is 2. The first-order valence-electron chi connectivity index (χ1n) is 9.13. The molecule has 1 aromatic heterocycles. The van der Waals surface area contributed by atoms with Crippen molar-refractivity contribution in [3.8, 4) is 11.4 Å². The van der Waals surface area contributed by atoms with Crippen LogP contribution in [0.15, 0.2) is 54.6 Å². The smallest absolute Gasteiger partial charge is 0.270 e. The molecular formula is C22H24N4O2. The Hall–Kier alpha value is -3.25. The second-order valence-corrected chi connectivity index (χ2v) is 6.50. The SMILES string of the molecule is COCCNC(=O)c1cc(Nc2ccc(C)c(C)c2)nc(-c2ccccc2)n1. The molecule has 3 rings (SSSR count). The number of anilines is 2. The molecule has 0 fully saturated rings. The van der Waals surface area contributed by atoms with Gasteiger partial charge in [-0.25, -0.2) is 9.97 Å². The first-order chi connectivity index (χ1) is 13.6.